The highest BCUT2D eigenvalue weighted by atomic mass is 35.5. The van der Waals surface area contributed by atoms with Crippen LogP contribution >= 0.6 is 11.6 Å². The molecule has 1 amide bonds. The number of halogens is 1. The average molecular weight is 388 g/mol. The highest BCUT2D eigenvalue weighted by molar-refractivity contribution is 6.30. The van der Waals surface area contributed by atoms with Gasteiger partial charge in [-0.15, -0.1) is 0 Å². The lowest BCUT2D eigenvalue weighted by Gasteiger charge is -2.36. The van der Waals surface area contributed by atoms with Crippen molar-refractivity contribution >= 4 is 23.2 Å². The van der Waals surface area contributed by atoms with Crippen LogP contribution in [0.25, 0.3) is 0 Å². The summed E-state index contributed by atoms with van der Waals surface area (Å²) in [4.78, 5) is 16.7. The van der Waals surface area contributed by atoms with E-state index in [1.807, 2.05) is 0 Å². The number of carbonyl (C=O) groups is 1. The van der Waals surface area contributed by atoms with Crippen molar-refractivity contribution in [1.29, 1.82) is 0 Å². The van der Waals surface area contributed by atoms with E-state index in [0.29, 0.717) is 17.3 Å². The van der Waals surface area contributed by atoms with E-state index < -0.39 is 0 Å². The molecule has 1 heterocycles. The molecule has 0 spiro atoms. The first kappa shape index (κ1) is 19.5. The minimum absolute atomic E-state index is 0.0252. The number of nitrogens with zero attached hydrogens (tertiary/aromatic N) is 2. The van der Waals surface area contributed by atoms with Crippen LogP contribution in [0.4, 0.5) is 5.69 Å². The molecular formula is C21H26ClN3O2. The lowest BCUT2D eigenvalue weighted by Crippen LogP contribution is -2.47. The third-order valence-electron chi connectivity index (χ3n) is 4.65. The van der Waals surface area contributed by atoms with Crippen LogP contribution in [0.5, 0.6) is 5.75 Å². The predicted molar refractivity (Wildman–Crippen MR) is 110 cm³/mol. The van der Waals surface area contributed by atoms with E-state index in [9.17, 15) is 4.79 Å². The van der Waals surface area contributed by atoms with Crippen LogP contribution in [0.15, 0.2) is 54.6 Å². The highest BCUT2D eigenvalue weighted by Gasteiger charge is 2.16. The van der Waals surface area contributed by atoms with Gasteiger partial charge in [0, 0.05) is 43.4 Å². The van der Waals surface area contributed by atoms with E-state index in [1.54, 1.807) is 24.3 Å². The molecule has 1 aliphatic rings. The average Bonchev–Trinajstić information content (AvgIpc) is 2.72. The van der Waals surface area contributed by atoms with Crippen molar-refractivity contribution in [3.05, 3.63) is 59.6 Å². The van der Waals surface area contributed by atoms with Gasteiger partial charge >= 0.3 is 0 Å². The summed E-state index contributed by atoms with van der Waals surface area (Å²) in [5.41, 5.74) is 1.30. The molecule has 0 aromatic heterocycles. The van der Waals surface area contributed by atoms with E-state index in [0.717, 1.165) is 39.1 Å². The van der Waals surface area contributed by atoms with Gasteiger partial charge in [0.15, 0.2) is 6.61 Å². The van der Waals surface area contributed by atoms with E-state index in [4.69, 9.17) is 16.3 Å². The van der Waals surface area contributed by atoms with Crippen LogP contribution in [0.1, 0.15) is 6.42 Å². The molecule has 0 aliphatic carbocycles. The number of para-hydroxylation sites is 1. The molecule has 0 unspecified atom stereocenters. The molecule has 0 saturated carbocycles. The lowest BCUT2D eigenvalue weighted by molar-refractivity contribution is -0.123. The summed E-state index contributed by atoms with van der Waals surface area (Å²) >= 11 is 5.82. The predicted octanol–water partition coefficient (Wildman–Crippen LogP) is 3.05. The van der Waals surface area contributed by atoms with Gasteiger partial charge in [0.05, 0.1) is 0 Å². The molecule has 1 aliphatic heterocycles. The standard InChI is InChI=1S/C21H26ClN3O2/c22-18-7-9-20(10-8-18)27-17-21(26)23-11-4-12-24-13-15-25(16-14-24)19-5-2-1-3-6-19/h1-3,5-10H,4,11-17H2,(H,23,26). The van der Waals surface area contributed by atoms with Gasteiger partial charge in [0.1, 0.15) is 5.75 Å². The van der Waals surface area contributed by atoms with Crippen molar-refractivity contribution in [3.63, 3.8) is 0 Å². The van der Waals surface area contributed by atoms with Crippen LogP contribution in [0.3, 0.4) is 0 Å². The summed E-state index contributed by atoms with van der Waals surface area (Å²) in [5.74, 6) is 0.546. The van der Waals surface area contributed by atoms with Crippen LogP contribution in [-0.2, 0) is 4.79 Å². The normalized spacial score (nSPS) is 14.8. The molecule has 0 radical (unpaired) electrons. The molecule has 1 N–H and O–H groups in total. The van der Waals surface area contributed by atoms with Crippen LogP contribution in [0.2, 0.25) is 5.02 Å². The Morgan fingerprint density at radius 2 is 1.70 bits per heavy atom. The quantitative estimate of drug-likeness (QED) is 0.707. The minimum Gasteiger partial charge on any atom is -0.484 e. The first-order chi connectivity index (χ1) is 13.2. The second-order valence-corrected chi connectivity index (χ2v) is 7.05. The number of benzene rings is 2. The zero-order valence-electron chi connectivity index (χ0n) is 15.4. The molecule has 0 bridgehead atoms. The largest absolute Gasteiger partial charge is 0.484 e. The van der Waals surface area contributed by atoms with Crippen molar-refractivity contribution in [2.45, 2.75) is 6.42 Å². The molecule has 27 heavy (non-hydrogen) atoms. The van der Waals surface area contributed by atoms with E-state index in [1.165, 1.54) is 5.69 Å². The summed E-state index contributed by atoms with van der Waals surface area (Å²) in [7, 11) is 0. The Kier molecular flexibility index (Phi) is 7.36. The summed E-state index contributed by atoms with van der Waals surface area (Å²) in [5, 5.41) is 3.56. The summed E-state index contributed by atoms with van der Waals surface area (Å²) in [6, 6.07) is 17.5. The Bertz CT molecular complexity index is 701. The number of hydrogen-bond donors (Lipinski definition) is 1. The summed E-state index contributed by atoms with van der Waals surface area (Å²) in [6.45, 7) is 5.90. The fourth-order valence-corrected chi connectivity index (χ4v) is 3.26. The molecule has 6 heteroatoms. The molecule has 144 valence electrons. The van der Waals surface area contributed by atoms with Gasteiger partial charge in [0.25, 0.3) is 5.91 Å². The topological polar surface area (TPSA) is 44.8 Å². The number of hydrogen-bond acceptors (Lipinski definition) is 4. The van der Waals surface area contributed by atoms with Gasteiger partial charge in [-0.05, 0) is 49.4 Å². The minimum atomic E-state index is -0.0983. The molecule has 2 aromatic rings. The smallest absolute Gasteiger partial charge is 0.257 e. The number of anilines is 1. The summed E-state index contributed by atoms with van der Waals surface area (Å²) in [6.07, 6.45) is 0.942. The monoisotopic (exact) mass is 387 g/mol. The van der Waals surface area contributed by atoms with E-state index in [2.05, 4.69) is 45.4 Å². The van der Waals surface area contributed by atoms with Gasteiger partial charge in [-0.3, -0.25) is 9.69 Å². The number of rotatable bonds is 8. The first-order valence-corrected chi connectivity index (χ1v) is 9.76. The number of amides is 1. The van der Waals surface area contributed by atoms with Gasteiger partial charge in [-0.1, -0.05) is 29.8 Å². The zero-order valence-corrected chi connectivity index (χ0v) is 16.2. The molecule has 5 nitrogen and oxygen atoms in total. The molecule has 1 saturated heterocycles. The maximum absolute atomic E-state index is 11.9. The lowest BCUT2D eigenvalue weighted by atomic mass is 10.2. The second-order valence-electron chi connectivity index (χ2n) is 6.61. The number of nitrogens with one attached hydrogen (secondary N) is 1. The molecule has 2 aromatic carbocycles. The SMILES string of the molecule is O=C(COc1ccc(Cl)cc1)NCCCN1CCN(c2ccccc2)CC1. The van der Waals surface area contributed by atoms with Gasteiger partial charge in [-0.2, -0.15) is 0 Å². The first-order valence-electron chi connectivity index (χ1n) is 9.38. The third-order valence-corrected chi connectivity index (χ3v) is 4.90. The number of carbonyl (C=O) groups excluding carboxylic acids is 1. The van der Waals surface area contributed by atoms with Crippen molar-refractivity contribution in [2.24, 2.45) is 0 Å². The van der Waals surface area contributed by atoms with E-state index in [-0.39, 0.29) is 12.5 Å². The summed E-state index contributed by atoms with van der Waals surface area (Å²) < 4.78 is 5.44. The van der Waals surface area contributed by atoms with Crippen molar-refractivity contribution in [1.82, 2.24) is 10.2 Å². The Morgan fingerprint density at radius 3 is 2.41 bits per heavy atom. The number of piperazine rings is 1. The van der Waals surface area contributed by atoms with Gasteiger partial charge in [-0.25, -0.2) is 0 Å². The van der Waals surface area contributed by atoms with Gasteiger partial charge in [0.2, 0.25) is 0 Å². The van der Waals surface area contributed by atoms with Crippen molar-refractivity contribution in [2.75, 3.05) is 50.8 Å². The Balaban J connectivity index is 1.26. The Morgan fingerprint density at radius 1 is 1.00 bits per heavy atom. The molecule has 1 fully saturated rings. The maximum atomic E-state index is 11.9. The maximum Gasteiger partial charge on any atom is 0.257 e. The Hall–Kier alpha value is -2.24. The Labute approximate surface area is 165 Å². The van der Waals surface area contributed by atoms with Gasteiger partial charge < -0.3 is 15.0 Å². The molecular weight excluding hydrogens is 362 g/mol. The van der Waals surface area contributed by atoms with E-state index >= 15 is 0 Å². The van der Waals surface area contributed by atoms with Crippen molar-refractivity contribution < 1.29 is 9.53 Å². The van der Waals surface area contributed by atoms with Crippen molar-refractivity contribution in [3.8, 4) is 5.75 Å². The zero-order chi connectivity index (χ0) is 18.9. The number of ether oxygens (including phenoxy) is 1. The second kappa shape index (κ2) is 10.2. The highest BCUT2D eigenvalue weighted by Crippen LogP contribution is 2.16. The fraction of sp³-hybridized carbons (Fsp3) is 0.381. The third kappa shape index (κ3) is 6.45. The molecule has 0 atom stereocenters. The van der Waals surface area contributed by atoms with Crippen LogP contribution in [-0.4, -0.2) is 56.7 Å². The van der Waals surface area contributed by atoms with Crippen LogP contribution in [0, 0.1) is 0 Å². The van der Waals surface area contributed by atoms with Crippen LogP contribution < -0.4 is 15.0 Å². The fourth-order valence-electron chi connectivity index (χ4n) is 3.13. The molecule has 3 rings (SSSR count).